The summed E-state index contributed by atoms with van der Waals surface area (Å²) >= 11 is 0. The summed E-state index contributed by atoms with van der Waals surface area (Å²) in [5.74, 6) is -0.158. The number of halogens is 1. The van der Waals surface area contributed by atoms with E-state index >= 15 is 0 Å². The third kappa shape index (κ3) is 4.07. The summed E-state index contributed by atoms with van der Waals surface area (Å²) < 4.78 is 18.5. The van der Waals surface area contributed by atoms with Crippen molar-refractivity contribution < 1.29 is 13.9 Å². The summed E-state index contributed by atoms with van der Waals surface area (Å²) in [6, 6.07) is 13.3. The number of ether oxygens (including phenoxy) is 1. The van der Waals surface area contributed by atoms with Gasteiger partial charge in [-0.15, -0.1) is 0 Å². The molecule has 0 unspecified atom stereocenters. The second-order valence-corrected chi connectivity index (χ2v) is 5.57. The van der Waals surface area contributed by atoms with E-state index < -0.39 is 5.60 Å². The van der Waals surface area contributed by atoms with E-state index in [0.717, 1.165) is 12.1 Å². The Hall–Kier alpha value is -2.36. The van der Waals surface area contributed by atoms with Gasteiger partial charge in [0.1, 0.15) is 11.6 Å². The minimum Gasteiger partial charge on any atom is -0.478 e. The number of aryl methyl sites for hydroxylation is 1. The number of benzene rings is 2. The highest BCUT2D eigenvalue weighted by Crippen LogP contribution is 2.20. The van der Waals surface area contributed by atoms with Crippen LogP contribution in [0.15, 0.2) is 48.5 Å². The fraction of sp³-hybridized carbons (Fsp3) is 0.278. The fourth-order valence-corrected chi connectivity index (χ4v) is 1.95. The van der Waals surface area contributed by atoms with Gasteiger partial charge in [0.05, 0.1) is 0 Å². The zero-order chi connectivity index (χ0) is 16.2. The molecule has 2 rings (SSSR count). The van der Waals surface area contributed by atoms with Crippen LogP contribution in [0.25, 0.3) is 0 Å². The second kappa shape index (κ2) is 6.60. The molecule has 2 aromatic carbocycles. The molecule has 1 N–H and O–H groups in total. The first kappa shape index (κ1) is 16.0. The summed E-state index contributed by atoms with van der Waals surface area (Å²) in [6.45, 7) is 5.42. The number of anilines is 1. The Morgan fingerprint density at radius 2 is 1.68 bits per heavy atom. The molecular weight excluding hydrogens is 281 g/mol. The summed E-state index contributed by atoms with van der Waals surface area (Å²) in [6.07, 6.45) is 0.952. The molecule has 22 heavy (non-hydrogen) atoms. The smallest absolute Gasteiger partial charge is 0.267 e. The SMILES string of the molecule is CCc1ccc(NC(=O)C(C)(C)Oc2ccc(F)cc2)cc1. The van der Waals surface area contributed by atoms with Crippen molar-refractivity contribution >= 4 is 11.6 Å². The minimum atomic E-state index is -1.07. The summed E-state index contributed by atoms with van der Waals surface area (Å²) in [7, 11) is 0. The van der Waals surface area contributed by atoms with Gasteiger partial charge in [-0.25, -0.2) is 4.39 Å². The van der Waals surface area contributed by atoms with Crippen LogP contribution in [0.3, 0.4) is 0 Å². The first-order valence-corrected chi connectivity index (χ1v) is 7.25. The molecule has 0 saturated heterocycles. The molecule has 0 aromatic heterocycles. The van der Waals surface area contributed by atoms with Crippen LogP contribution in [0.2, 0.25) is 0 Å². The molecule has 0 bridgehead atoms. The molecule has 4 heteroatoms. The van der Waals surface area contributed by atoms with E-state index in [9.17, 15) is 9.18 Å². The number of carbonyl (C=O) groups excluding carboxylic acids is 1. The van der Waals surface area contributed by atoms with E-state index in [0.29, 0.717) is 5.75 Å². The van der Waals surface area contributed by atoms with Crippen LogP contribution in [-0.2, 0) is 11.2 Å². The van der Waals surface area contributed by atoms with Crippen LogP contribution in [0.4, 0.5) is 10.1 Å². The molecule has 3 nitrogen and oxygen atoms in total. The Bertz CT molecular complexity index is 633. The van der Waals surface area contributed by atoms with Gasteiger partial charge in [-0.2, -0.15) is 0 Å². The maximum atomic E-state index is 12.9. The monoisotopic (exact) mass is 301 g/mol. The summed E-state index contributed by atoms with van der Waals surface area (Å²) in [4.78, 5) is 12.3. The van der Waals surface area contributed by atoms with Crippen molar-refractivity contribution in [3.63, 3.8) is 0 Å². The highest BCUT2D eigenvalue weighted by molar-refractivity contribution is 5.96. The molecule has 0 atom stereocenters. The van der Waals surface area contributed by atoms with Crippen molar-refractivity contribution in [2.45, 2.75) is 32.8 Å². The van der Waals surface area contributed by atoms with E-state index in [1.807, 2.05) is 24.3 Å². The maximum absolute atomic E-state index is 12.9. The van der Waals surface area contributed by atoms with Crippen LogP contribution in [0.5, 0.6) is 5.75 Å². The van der Waals surface area contributed by atoms with E-state index in [4.69, 9.17) is 4.74 Å². The van der Waals surface area contributed by atoms with Crippen molar-refractivity contribution in [2.75, 3.05) is 5.32 Å². The van der Waals surface area contributed by atoms with Crippen LogP contribution in [-0.4, -0.2) is 11.5 Å². The lowest BCUT2D eigenvalue weighted by atomic mass is 10.1. The fourth-order valence-electron chi connectivity index (χ4n) is 1.95. The topological polar surface area (TPSA) is 38.3 Å². The zero-order valence-electron chi connectivity index (χ0n) is 13.0. The molecule has 116 valence electrons. The zero-order valence-corrected chi connectivity index (χ0v) is 13.0. The molecule has 0 heterocycles. The van der Waals surface area contributed by atoms with Crippen molar-refractivity contribution in [3.8, 4) is 5.75 Å². The highest BCUT2D eigenvalue weighted by Gasteiger charge is 2.30. The molecule has 0 aliphatic rings. The van der Waals surface area contributed by atoms with Crippen molar-refractivity contribution in [3.05, 3.63) is 59.9 Å². The molecular formula is C18H20FNO2. The van der Waals surface area contributed by atoms with Crippen LogP contribution < -0.4 is 10.1 Å². The molecule has 0 spiro atoms. The lowest BCUT2D eigenvalue weighted by Crippen LogP contribution is -2.42. The summed E-state index contributed by atoms with van der Waals surface area (Å²) in [5, 5.41) is 2.83. The van der Waals surface area contributed by atoms with Crippen LogP contribution >= 0.6 is 0 Å². The van der Waals surface area contributed by atoms with E-state index in [1.165, 1.54) is 29.8 Å². The Kier molecular flexibility index (Phi) is 4.81. The first-order chi connectivity index (χ1) is 10.4. The predicted octanol–water partition coefficient (Wildman–Crippen LogP) is 4.18. The third-order valence-corrected chi connectivity index (χ3v) is 3.35. The number of hydrogen-bond donors (Lipinski definition) is 1. The first-order valence-electron chi connectivity index (χ1n) is 7.25. The third-order valence-electron chi connectivity index (χ3n) is 3.35. The van der Waals surface area contributed by atoms with Crippen LogP contribution in [0, 0.1) is 5.82 Å². The van der Waals surface area contributed by atoms with Gasteiger partial charge in [0.25, 0.3) is 5.91 Å². The Balaban J connectivity index is 2.04. The van der Waals surface area contributed by atoms with Crippen molar-refractivity contribution in [1.29, 1.82) is 0 Å². The number of hydrogen-bond acceptors (Lipinski definition) is 2. The van der Waals surface area contributed by atoms with Gasteiger partial charge in [-0.05, 0) is 62.2 Å². The van der Waals surface area contributed by atoms with Gasteiger partial charge in [0.2, 0.25) is 0 Å². The Morgan fingerprint density at radius 1 is 1.09 bits per heavy atom. The van der Waals surface area contributed by atoms with E-state index in [2.05, 4.69) is 12.2 Å². The van der Waals surface area contributed by atoms with Crippen molar-refractivity contribution in [2.24, 2.45) is 0 Å². The quantitative estimate of drug-likeness (QED) is 0.899. The highest BCUT2D eigenvalue weighted by atomic mass is 19.1. The number of carbonyl (C=O) groups is 1. The minimum absolute atomic E-state index is 0.263. The lowest BCUT2D eigenvalue weighted by molar-refractivity contribution is -0.128. The van der Waals surface area contributed by atoms with Gasteiger partial charge in [0.15, 0.2) is 5.60 Å². The lowest BCUT2D eigenvalue weighted by Gasteiger charge is -2.25. The Morgan fingerprint density at radius 3 is 2.23 bits per heavy atom. The molecule has 0 aliphatic carbocycles. The summed E-state index contributed by atoms with van der Waals surface area (Å²) in [5.41, 5.74) is 0.860. The molecule has 2 aromatic rings. The largest absolute Gasteiger partial charge is 0.478 e. The average molecular weight is 301 g/mol. The van der Waals surface area contributed by atoms with Gasteiger partial charge in [0, 0.05) is 5.69 Å². The standard InChI is InChI=1S/C18H20FNO2/c1-4-13-5-9-15(10-6-13)20-17(21)18(2,3)22-16-11-7-14(19)8-12-16/h5-12H,4H2,1-3H3,(H,20,21). The predicted molar refractivity (Wildman–Crippen MR) is 85.6 cm³/mol. The second-order valence-electron chi connectivity index (χ2n) is 5.57. The molecule has 0 fully saturated rings. The van der Waals surface area contributed by atoms with E-state index in [-0.39, 0.29) is 11.7 Å². The average Bonchev–Trinajstić information content (AvgIpc) is 2.50. The van der Waals surface area contributed by atoms with Crippen LogP contribution in [0.1, 0.15) is 26.3 Å². The Labute approximate surface area is 130 Å². The van der Waals surface area contributed by atoms with E-state index in [1.54, 1.807) is 13.8 Å². The van der Waals surface area contributed by atoms with Gasteiger partial charge in [-0.3, -0.25) is 4.79 Å². The molecule has 0 saturated carbocycles. The number of rotatable bonds is 5. The van der Waals surface area contributed by atoms with Gasteiger partial charge < -0.3 is 10.1 Å². The molecule has 1 amide bonds. The molecule has 0 radical (unpaired) electrons. The van der Waals surface area contributed by atoms with Gasteiger partial charge in [-0.1, -0.05) is 19.1 Å². The van der Waals surface area contributed by atoms with Gasteiger partial charge >= 0.3 is 0 Å². The normalized spacial score (nSPS) is 11.1. The molecule has 0 aliphatic heterocycles. The van der Waals surface area contributed by atoms with Crippen molar-refractivity contribution in [1.82, 2.24) is 0 Å². The maximum Gasteiger partial charge on any atom is 0.267 e. The number of amides is 1. The number of nitrogens with one attached hydrogen (secondary N) is 1.